The second kappa shape index (κ2) is 17.5. The summed E-state index contributed by atoms with van der Waals surface area (Å²) < 4.78 is 5.30. The number of amides is 3. The van der Waals surface area contributed by atoms with Gasteiger partial charge in [-0.1, -0.05) is 80.4 Å². The van der Waals surface area contributed by atoms with Gasteiger partial charge in [0.2, 0.25) is 5.91 Å². The van der Waals surface area contributed by atoms with Gasteiger partial charge in [0.15, 0.2) is 0 Å². The molecule has 1 saturated heterocycles. The molecule has 0 bridgehead atoms. The molecule has 0 aliphatic carbocycles. The summed E-state index contributed by atoms with van der Waals surface area (Å²) >= 11 is 6.90. The fourth-order valence-corrected chi connectivity index (χ4v) is 6.83. The topological polar surface area (TPSA) is 99.2 Å². The molecular weight excluding hydrogens is 626 g/mol. The van der Waals surface area contributed by atoms with Crippen molar-refractivity contribution in [2.45, 2.75) is 77.9 Å². The number of nitrogens with one attached hydrogen (secondary N) is 1. The molecule has 48 heavy (non-hydrogen) atoms. The molecule has 0 unspecified atom stereocenters. The smallest absolute Gasteiger partial charge is 0.409 e. The third-order valence-electron chi connectivity index (χ3n) is 9.25. The Hall–Kier alpha value is -3.88. The van der Waals surface area contributed by atoms with Crippen molar-refractivity contribution in [3.8, 4) is 11.1 Å². The summed E-state index contributed by atoms with van der Waals surface area (Å²) in [6.07, 6.45) is 4.72. The number of halogens is 1. The Balaban J connectivity index is 1.57. The SMILES string of the molecule is CCCCOC(=O)N(C)Cc1ccc(C(=O)N2CCC[C@@H]([C@@](O)(CCCNC(C)=O)c3cccc(Cl)c3-c3cccc(CC)c3)C2)cc1. The van der Waals surface area contributed by atoms with Gasteiger partial charge in [-0.05, 0) is 79.0 Å². The van der Waals surface area contributed by atoms with Gasteiger partial charge in [0, 0.05) is 62.2 Å². The first-order valence-corrected chi connectivity index (χ1v) is 17.6. The highest BCUT2D eigenvalue weighted by atomic mass is 35.5. The van der Waals surface area contributed by atoms with E-state index in [0.717, 1.165) is 54.4 Å². The molecule has 8 nitrogen and oxygen atoms in total. The van der Waals surface area contributed by atoms with E-state index in [9.17, 15) is 19.5 Å². The summed E-state index contributed by atoms with van der Waals surface area (Å²) in [4.78, 5) is 41.1. The van der Waals surface area contributed by atoms with Crippen LogP contribution in [0.4, 0.5) is 4.79 Å². The van der Waals surface area contributed by atoms with Crippen molar-refractivity contribution < 1.29 is 24.2 Å². The maximum absolute atomic E-state index is 13.8. The first kappa shape index (κ1) is 36.9. The summed E-state index contributed by atoms with van der Waals surface area (Å²) in [6, 6.07) is 21.2. The Morgan fingerprint density at radius 2 is 1.79 bits per heavy atom. The first-order chi connectivity index (χ1) is 23.1. The molecule has 3 amide bonds. The molecule has 4 rings (SSSR count). The molecule has 9 heteroatoms. The summed E-state index contributed by atoms with van der Waals surface area (Å²) in [7, 11) is 1.70. The first-order valence-electron chi connectivity index (χ1n) is 17.2. The zero-order valence-electron chi connectivity index (χ0n) is 28.8. The van der Waals surface area contributed by atoms with E-state index in [2.05, 4.69) is 24.4 Å². The number of likely N-dealkylation sites (tertiary alicyclic amines) is 1. The minimum Gasteiger partial charge on any atom is -0.449 e. The van der Waals surface area contributed by atoms with E-state index in [1.807, 2.05) is 54.3 Å². The molecule has 1 aliphatic rings. The van der Waals surface area contributed by atoms with E-state index < -0.39 is 5.60 Å². The number of unbranched alkanes of at least 4 members (excludes halogenated alkanes) is 1. The number of rotatable bonds is 14. The predicted octanol–water partition coefficient (Wildman–Crippen LogP) is 7.59. The fraction of sp³-hybridized carbons (Fsp3) is 0.462. The van der Waals surface area contributed by atoms with Gasteiger partial charge in [-0.25, -0.2) is 4.79 Å². The van der Waals surface area contributed by atoms with Gasteiger partial charge >= 0.3 is 6.09 Å². The summed E-state index contributed by atoms with van der Waals surface area (Å²) in [5, 5.41) is 16.2. The lowest BCUT2D eigenvalue weighted by Gasteiger charge is -2.44. The van der Waals surface area contributed by atoms with Crippen molar-refractivity contribution >= 4 is 29.5 Å². The minimum atomic E-state index is -1.31. The minimum absolute atomic E-state index is 0.0962. The largest absolute Gasteiger partial charge is 0.449 e. The van der Waals surface area contributed by atoms with E-state index in [-0.39, 0.29) is 23.8 Å². The molecule has 0 saturated carbocycles. The number of hydrogen-bond acceptors (Lipinski definition) is 5. The number of nitrogens with zero attached hydrogens (tertiary/aromatic N) is 2. The van der Waals surface area contributed by atoms with Crippen LogP contribution in [-0.4, -0.2) is 66.1 Å². The van der Waals surface area contributed by atoms with Crippen LogP contribution in [-0.2, 0) is 28.1 Å². The highest BCUT2D eigenvalue weighted by Crippen LogP contribution is 2.45. The summed E-state index contributed by atoms with van der Waals surface area (Å²) in [5.74, 6) is -0.468. The van der Waals surface area contributed by atoms with Crippen molar-refractivity contribution in [1.29, 1.82) is 0 Å². The summed E-state index contributed by atoms with van der Waals surface area (Å²) in [6.45, 7) is 7.82. The van der Waals surface area contributed by atoms with Crippen molar-refractivity contribution in [3.63, 3.8) is 0 Å². The van der Waals surface area contributed by atoms with Crippen molar-refractivity contribution in [1.82, 2.24) is 15.1 Å². The van der Waals surface area contributed by atoms with Crippen LogP contribution in [0.1, 0.15) is 86.3 Å². The molecule has 1 fully saturated rings. The van der Waals surface area contributed by atoms with Gasteiger partial charge in [-0.3, -0.25) is 9.59 Å². The van der Waals surface area contributed by atoms with Gasteiger partial charge < -0.3 is 25.0 Å². The van der Waals surface area contributed by atoms with Crippen molar-refractivity contribution in [3.05, 3.63) is 94.0 Å². The van der Waals surface area contributed by atoms with Crippen molar-refractivity contribution in [2.75, 3.05) is 33.3 Å². The van der Waals surface area contributed by atoms with E-state index in [1.165, 1.54) is 17.4 Å². The number of aliphatic hydroxyl groups is 1. The molecule has 1 heterocycles. The lowest BCUT2D eigenvalue weighted by atomic mass is 9.72. The van der Waals surface area contributed by atoms with Crippen molar-refractivity contribution in [2.24, 2.45) is 5.92 Å². The normalized spacial score (nSPS) is 15.8. The molecule has 2 atom stereocenters. The number of carbonyl (C=O) groups is 3. The zero-order valence-corrected chi connectivity index (χ0v) is 29.5. The molecule has 2 N–H and O–H groups in total. The highest BCUT2D eigenvalue weighted by molar-refractivity contribution is 6.33. The van der Waals surface area contributed by atoms with Crippen LogP contribution in [0.15, 0.2) is 66.7 Å². The number of piperidine rings is 1. The average molecular weight is 676 g/mol. The monoisotopic (exact) mass is 675 g/mol. The molecule has 258 valence electrons. The van der Waals surface area contributed by atoms with Crippen LogP contribution < -0.4 is 5.32 Å². The molecule has 0 radical (unpaired) electrons. The second-order valence-electron chi connectivity index (χ2n) is 12.8. The molecule has 1 aliphatic heterocycles. The number of hydrogen-bond donors (Lipinski definition) is 2. The molecule has 3 aromatic rings. The van der Waals surface area contributed by atoms with Crippen LogP contribution >= 0.6 is 11.6 Å². The number of carbonyl (C=O) groups excluding carboxylic acids is 3. The van der Waals surface area contributed by atoms with E-state index in [1.54, 1.807) is 19.2 Å². The average Bonchev–Trinajstić information content (AvgIpc) is 3.10. The maximum atomic E-state index is 13.8. The van der Waals surface area contributed by atoms with Gasteiger partial charge in [0.1, 0.15) is 0 Å². The standard InChI is InChI=1S/C39H50ClN3O5/c1-5-7-24-48-38(46)42(4)26-30-17-19-31(20-18-30)37(45)43-23-10-14-33(27-43)39(47,21-11-22-41-28(3)44)34-15-9-16-35(40)36(34)32-13-8-12-29(6-2)25-32/h8-9,12-13,15-20,25,33,47H,5-7,10-11,14,21-24,26-27H2,1-4H3,(H,41,44)/t33-,39+/m1/s1. The maximum Gasteiger partial charge on any atom is 0.409 e. The Morgan fingerprint density at radius 3 is 2.50 bits per heavy atom. The van der Waals surface area contributed by atoms with E-state index in [4.69, 9.17) is 16.3 Å². The van der Waals surface area contributed by atoms with Gasteiger partial charge in [0.05, 0.1) is 12.2 Å². The highest BCUT2D eigenvalue weighted by Gasteiger charge is 2.43. The lowest BCUT2D eigenvalue weighted by molar-refractivity contribution is -0.119. The molecule has 0 spiro atoms. The van der Waals surface area contributed by atoms with Crippen LogP contribution in [0.5, 0.6) is 0 Å². The van der Waals surface area contributed by atoms with E-state index >= 15 is 0 Å². The Kier molecular flexibility index (Phi) is 13.5. The van der Waals surface area contributed by atoms with Crippen LogP contribution in [0, 0.1) is 5.92 Å². The quantitative estimate of drug-likeness (QED) is 0.172. The van der Waals surface area contributed by atoms with Crippen LogP contribution in [0.2, 0.25) is 5.02 Å². The number of aryl methyl sites for hydroxylation is 1. The van der Waals surface area contributed by atoms with Crippen LogP contribution in [0.3, 0.4) is 0 Å². The third-order valence-corrected chi connectivity index (χ3v) is 9.57. The fourth-order valence-electron chi connectivity index (χ4n) is 6.55. The van der Waals surface area contributed by atoms with Gasteiger partial charge in [-0.15, -0.1) is 0 Å². The molecule has 0 aromatic heterocycles. The number of benzene rings is 3. The van der Waals surface area contributed by atoms with Gasteiger partial charge in [0.25, 0.3) is 5.91 Å². The number of ether oxygens (including phenoxy) is 1. The lowest BCUT2D eigenvalue weighted by Crippen LogP contribution is -2.48. The zero-order chi connectivity index (χ0) is 34.7. The Bertz CT molecular complexity index is 1540. The third kappa shape index (κ3) is 9.38. The van der Waals surface area contributed by atoms with Gasteiger partial charge in [-0.2, -0.15) is 0 Å². The Morgan fingerprint density at radius 1 is 1.04 bits per heavy atom. The van der Waals surface area contributed by atoms with E-state index in [0.29, 0.717) is 56.2 Å². The molecular formula is C39H50ClN3O5. The Labute approximate surface area is 290 Å². The second-order valence-corrected chi connectivity index (χ2v) is 13.2. The predicted molar refractivity (Wildman–Crippen MR) is 191 cm³/mol. The summed E-state index contributed by atoms with van der Waals surface area (Å²) in [5.41, 5.74) is 3.81. The van der Waals surface area contributed by atoms with Crippen LogP contribution in [0.25, 0.3) is 11.1 Å². The molecule has 3 aromatic carbocycles.